The van der Waals surface area contributed by atoms with Crippen LogP contribution in [0.1, 0.15) is 43.3 Å². The Morgan fingerprint density at radius 1 is 1.33 bits per heavy atom. The van der Waals surface area contributed by atoms with Crippen LogP contribution in [0.2, 0.25) is 0 Å². The van der Waals surface area contributed by atoms with E-state index < -0.39 is 0 Å². The number of nitrogens with one attached hydrogen (secondary N) is 1. The van der Waals surface area contributed by atoms with Crippen molar-refractivity contribution >= 4 is 0 Å². The Morgan fingerprint density at radius 2 is 2.07 bits per heavy atom. The summed E-state index contributed by atoms with van der Waals surface area (Å²) in [6.07, 6.45) is 4.13. The molecule has 3 N–H and O–H groups in total. The highest BCUT2D eigenvalue weighted by molar-refractivity contribution is 5.09. The minimum atomic E-state index is -0.373. The average molecular weight is 208 g/mol. The molecule has 0 spiro atoms. The first-order valence-electron chi connectivity index (χ1n) is 5.62. The first-order valence-corrected chi connectivity index (χ1v) is 5.62. The molecule has 5 nitrogen and oxygen atoms in total. The number of piperidine rings is 1. The summed E-state index contributed by atoms with van der Waals surface area (Å²) in [6.45, 7) is 1.87. The third-order valence-electron chi connectivity index (χ3n) is 3.31. The quantitative estimate of drug-likeness (QED) is 0.739. The standard InChI is InChI=1S/C10H16N4O/c11-10(3-5-12-6-4-10)9-13-8(15-14-9)7-1-2-7/h7,12H,1-6,11H2. The second-order valence-electron chi connectivity index (χ2n) is 4.64. The summed E-state index contributed by atoms with van der Waals surface area (Å²) in [4.78, 5) is 4.44. The van der Waals surface area contributed by atoms with Gasteiger partial charge in [-0.25, -0.2) is 0 Å². The van der Waals surface area contributed by atoms with Gasteiger partial charge in [-0.15, -0.1) is 0 Å². The van der Waals surface area contributed by atoms with Crippen molar-refractivity contribution in [3.63, 3.8) is 0 Å². The number of hydrogen-bond donors (Lipinski definition) is 2. The van der Waals surface area contributed by atoms with Crippen LogP contribution in [0.15, 0.2) is 4.52 Å². The summed E-state index contributed by atoms with van der Waals surface area (Å²) in [6, 6.07) is 0. The molecule has 1 aliphatic heterocycles. The second-order valence-corrected chi connectivity index (χ2v) is 4.64. The van der Waals surface area contributed by atoms with Gasteiger partial charge in [0.1, 0.15) is 0 Å². The van der Waals surface area contributed by atoms with Crippen molar-refractivity contribution in [2.45, 2.75) is 37.1 Å². The summed E-state index contributed by atoms with van der Waals surface area (Å²) in [5.41, 5.74) is 5.92. The topological polar surface area (TPSA) is 77.0 Å². The fraction of sp³-hybridized carbons (Fsp3) is 0.800. The number of rotatable bonds is 2. The number of nitrogens with two attached hydrogens (primary N) is 1. The van der Waals surface area contributed by atoms with Crippen LogP contribution in [-0.2, 0) is 5.54 Å². The molecular weight excluding hydrogens is 192 g/mol. The zero-order chi connectivity index (χ0) is 10.3. The van der Waals surface area contributed by atoms with E-state index in [1.54, 1.807) is 0 Å². The van der Waals surface area contributed by atoms with Crippen LogP contribution in [0, 0.1) is 0 Å². The SMILES string of the molecule is NC1(c2noc(C3CC3)n2)CCNCC1. The Morgan fingerprint density at radius 3 is 2.73 bits per heavy atom. The molecule has 0 aromatic carbocycles. The monoisotopic (exact) mass is 208 g/mol. The van der Waals surface area contributed by atoms with Crippen LogP contribution in [0.4, 0.5) is 0 Å². The molecule has 0 radical (unpaired) electrons. The Kier molecular flexibility index (Phi) is 2.03. The summed E-state index contributed by atoms with van der Waals surface area (Å²) in [5, 5.41) is 7.32. The molecule has 0 unspecified atom stereocenters. The molecule has 1 aliphatic carbocycles. The molecule has 2 fully saturated rings. The zero-order valence-corrected chi connectivity index (χ0v) is 8.70. The summed E-state index contributed by atoms with van der Waals surface area (Å²) < 4.78 is 5.25. The summed E-state index contributed by atoms with van der Waals surface area (Å²) >= 11 is 0. The molecule has 15 heavy (non-hydrogen) atoms. The highest BCUT2D eigenvalue weighted by Gasteiger charge is 2.37. The minimum absolute atomic E-state index is 0.373. The van der Waals surface area contributed by atoms with Gasteiger partial charge in [-0.05, 0) is 38.8 Å². The van der Waals surface area contributed by atoms with E-state index in [9.17, 15) is 0 Å². The van der Waals surface area contributed by atoms with Crippen molar-refractivity contribution in [3.05, 3.63) is 11.7 Å². The van der Waals surface area contributed by atoms with E-state index in [-0.39, 0.29) is 5.54 Å². The number of aromatic nitrogens is 2. The normalized spacial score (nSPS) is 25.4. The maximum absolute atomic E-state index is 6.29. The minimum Gasteiger partial charge on any atom is -0.339 e. The van der Waals surface area contributed by atoms with Crippen molar-refractivity contribution in [2.24, 2.45) is 5.73 Å². The van der Waals surface area contributed by atoms with Crippen molar-refractivity contribution in [1.29, 1.82) is 0 Å². The molecule has 1 aromatic heterocycles. The van der Waals surface area contributed by atoms with Crippen LogP contribution in [0.3, 0.4) is 0 Å². The van der Waals surface area contributed by atoms with E-state index in [0.29, 0.717) is 11.7 Å². The van der Waals surface area contributed by atoms with Gasteiger partial charge in [-0.1, -0.05) is 5.16 Å². The van der Waals surface area contributed by atoms with Gasteiger partial charge in [0.05, 0.1) is 5.54 Å². The lowest BCUT2D eigenvalue weighted by atomic mass is 9.89. The van der Waals surface area contributed by atoms with Gasteiger partial charge in [0.15, 0.2) is 5.82 Å². The predicted molar refractivity (Wildman–Crippen MR) is 54.2 cm³/mol. The Labute approximate surface area is 88.4 Å². The molecule has 1 aromatic rings. The highest BCUT2D eigenvalue weighted by Crippen LogP contribution is 2.39. The van der Waals surface area contributed by atoms with Crippen LogP contribution < -0.4 is 11.1 Å². The fourth-order valence-electron chi connectivity index (χ4n) is 2.03. The van der Waals surface area contributed by atoms with E-state index in [0.717, 1.165) is 31.8 Å². The molecule has 0 atom stereocenters. The van der Waals surface area contributed by atoms with Gasteiger partial charge in [-0.2, -0.15) is 4.98 Å². The zero-order valence-electron chi connectivity index (χ0n) is 8.70. The van der Waals surface area contributed by atoms with E-state index in [4.69, 9.17) is 10.3 Å². The molecule has 82 valence electrons. The third-order valence-corrected chi connectivity index (χ3v) is 3.31. The van der Waals surface area contributed by atoms with Crippen LogP contribution in [0.5, 0.6) is 0 Å². The number of nitrogens with zero attached hydrogens (tertiary/aromatic N) is 2. The summed E-state index contributed by atoms with van der Waals surface area (Å²) in [7, 11) is 0. The lowest BCUT2D eigenvalue weighted by Gasteiger charge is -2.30. The van der Waals surface area contributed by atoms with Crippen molar-refractivity contribution < 1.29 is 4.52 Å². The van der Waals surface area contributed by atoms with Gasteiger partial charge >= 0.3 is 0 Å². The van der Waals surface area contributed by atoms with Gasteiger partial charge < -0.3 is 15.6 Å². The summed E-state index contributed by atoms with van der Waals surface area (Å²) in [5.74, 6) is 2.00. The lowest BCUT2D eigenvalue weighted by molar-refractivity contribution is 0.285. The van der Waals surface area contributed by atoms with E-state index in [2.05, 4.69) is 15.5 Å². The molecule has 0 bridgehead atoms. The smallest absolute Gasteiger partial charge is 0.229 e. The maximum Gasteiger partial charge on any atom is 0.229 e. The Hall–Kier alpha value is -0.940. The molecular formula is C10H16N4O. The first kappa shape index (κ1) is 9.30. The predicted octanol–water partition coefficient (Wildman–Crippen LogP) is 0.484. The van der Waals surface area contributed by atoms with Gasteiger partial charge in [-0.3, -0.25) is 0 Å². The van der Waals surface area contributed by atoms with E-state index >= 15 is 0 Å². The molecule has 3 rings (SSSR count). The molecule has 0 amide bonds. The van der Waals surface area contributed by atoms with Crippen molar-refractivity contribution in [3.8, 4) is 0 Å². The van der Waals surface area contributed by atoms with Crippen LogP contribution in [0.25, 0.3) is 0 Å². The van der Waals surface area contributed by atoms with Gasteiger partial charge in [0.25, 0.3) is 0 Å². The molecule has 2 aliphatic rings. The number of hydrogen-bond acceptors (Lipinski definition) is 5. The molecule has 5 heteroatoms. The molecule has 2 heterocycles. The van der Waals surface area contributed by atoms with E-state index in [1.807, 2.05) is 0 Å². The van der Waals surface area contributed by atoms with Crippen LogP contribution in [-0.4, -0.2) is 23.2 Å². The lowest BCUT2D eigenvalue weighted by Crippen LogP contribution is -2.47. The van der Waals surface area contributed by atoms with Gasteiger partial charge in [0.2, 0.25) is 5.89 Å². The van der Waals surface area contributed by atoms with Crippen molar-refractivity contribution in [2.75, 3.05) is 13.1 Å². The third kappa shape index (κ3) is 1.66. The van der Waals surface area contributed by atoms with E-state index in [1.165, 1.54) is 12.8 Å². The fourth-order valence-corrected chi connectivity index (χ4v) is 2.03. The van der Waals surface area contributed by atoms with Crippen molar-refractivity contribution in [1.82, 2.24) is 15.5 Å². The molecule has 1 saturated carbocycles. The largest absolute Gasteiger partial charge is 0.339 e. The maximum atomic E-state index is 6.29. The molecule has 1 saturated heterocycles. The first-order chi connectivity index (χ1) is 7.28. The average Bonchev–Trinajstić information content (AvgIpc) is 2.97. The Bertz CT molecular complexity index is 352. The van der Waals surface area contributed by atoms with Crippen LogP contribution >= 0.6 is 0 Å². The Balaban J connectivity index is 1.83. The van der Waals surface area contributed by atoms with Gasteiger partial charge in [0, 0.05) is 5.92 Å². The second kappa shape index (κ2) is 3.28. The highest BCUT2D eigenvalue weighted by atomic mass is 16.5.